The predicted molar refractivity (Wildman–Crippen MR) is 290 cm³/mol. The summed E-state index contributed by atoms with van der Waals surface area (Å²) in [6, 6.07) is 34.6. The highest BCUT2D eigenvalue weighted by molar-refractivity contribution is 5.87. The van der Waals surface area contributed by atoms with Gasteiger partial charge in [0.15, 0.2) is 0 Å². The lowest BCUT2D eigenvalue weighted by Gasteiger charge is -2.55. The average molecular weight is 981 g/mol. The van der Waals surface area contributed by atoms with E-state index in [9.17, 15) is 28.7 Å². The van der Waals surface area contributed by atoms with E-state index in [1.54, 1.807) is 7.11 Å². The van der Waals surface area contributed by atoms with Crippen LogP contribution in [0.25, 0.3) is 22.3 Å². The number of ketones is 2. The van der Waals surface area contributed by atoms with Crippen molar-refractivity contribution in [1.82, 2.24) is 0 Å². The molecule has 8 rings (SSSR count). The van der Waals surface area contributed by atoms with Crippen molar-refractivity contribution in [1.29, 1.82) is 0 Å². The maximum absolute atomic E-state index is 14.0. The third-order valence-electron chi connectivity index (χ3n) is 18.4. The van der Waals surface area contributed by atoms with Crippen LogP contribution >= 0.6 is 0 Å². The quantitative estimate of drug-likeness (QED) is 0.0835. The molecule has 0 saturated heterocycles. The van der Waals surface area contributed by atoms with Crippen molar-refractivity contribution in [2.75, 3.05) is 13.8 Å². The van der Waals surface area contributed by atoms with E-state index < -0.39 is 11.4 Å². The number of Topliss-reactive ketones (excluding diaryl/α,β-unsaturated/α-hetero) is 2. The molecular weight excluding hydrogens is 896 g/mol. The van der Waals surface area contributed by atoms with E-state index >= 15 is 0 Å². The van der Waals surface area contributed by atoms with E-state index in [-0.39, 0.29) is 23.9 Å². The zero-order valence-corrected chi connectivity index (χ0v) is 44.0. The summed E-state index contributed by atoms with van der Waals surface area (Å²) in [4.78, 5) is 49.6. The van der Waals surface area contributed by atoms with Gasteiger partial charge in [0.25, 0.3) is 0 Å². The Morgan fingerprint density at radius 3 is 1.72 bits per heavy atom. The Morgan fingerprint density at radius 2 is 1.21 bits per heavy atom. The first-order valence-corrected chi connectivity index (χ1v) is 28.3. The summed E-state index contributed by atoms with van der Waals surface area (Å²) in [5.41, 5.74) is 7.98. The monoisotopic (exact) mass is 981 g/mol. The fraction of sp³-hybridized carbons (Fsp3) is 0.569. The van der Waals surface area contributed by atoms with Crippen molar-refractivity contribution in [3.63, 3.8) is 0 Å². The zero-order chi connectivity index (χ0) is 50.9. The average Bonchev–Trinajstić information content (AvgIpc) is 3.44. The molecule has 4 aromatic carbocycles. The van der Waals surface area contributed by atoms with Crippen molar-refractivity contribution < 1.29 is 33.4 Å². The van der Waals surface area contributed by atoms with Crippen LogP contribution in [0.2, 0.25) is 0 Å². The van der Waals surface area contributed by atoms with Crippen molar-refractivity contribution >= 4 is 23.8 Å². The van der Waals surface area contributed by atoms with Gasteiger partial charge < -0.3 is 14.6 Å². The number of carbonyl (C=O) groups is 4. The molecule has 0 spiro atoms. The molecule has 388 valence electrons. The fourth-order valence-electron chi connectivity index (χ4n) is 13.9. The van der Waals surface area contributed by atoms with Gasteiger partial charge >= 0.3 is 5.97 Å². The number of unbranched alkanes of at least 4 members (excludes halogenated alkanes) is 1. The van der Waals surface area contributed by atoms with Crippen molar-refractivity contribution in [3.8, 4) is 28.0 Å². The molecule has 0 amide bonds. The van der Waals surface area contributed by atoms with Crippen molar-refractivity contribution in [2.24, 2.45) is 35.0 Å². The number of benzene rings is 4. The van der Waals surface area contributed by atoms with Gasteiger partial charge in [-0.3, -0.25) is 18.8 Å². The molecule has 0 aromatic heterocycles. The smallest absolute Gasteiger partial charge is 0.306 e. The van der Waals surface area contributed by atoms with E-state index in [4.69, 9.17) is 4.74 Å². The van der Waals surface area contributed by atoms with E-state index in [1.807, 2.05) is 19.1 Å². The van der Waals surface area contributed by atoms with E-state index in [2.05, 4.69) is 91.9 Å². The highest BCUT2D eigenvalue weighted by Crippen LogP contribution is 2.60. The molecule has 0 aliphatic heterocycles. The lowest BCUT2D eigenvalue weighted by molar-refractivity contribution is -0.149. The third kappa shape index (κ3) is 13.4. The minimum absolute atomic E-state index is 0.196. The number of methoxy groups -OCH3 is 1. The Bertz CT molecular complexity index is 2290. The molecule has 4 aliphatic rings. The summed E-state index contributed by atoms with van der Waals surface area (Å²) in [5, 5.41) is 9.66. The first-order valence-electron chi connectivity index (χ1n) is 28.3. The Morgan fingerprint density at radius 1 is 0.667 bits per heavy atom. The maximum Gasteiger partial charge on any atom is 0.306 e. The minimum atomic E-state index is -0.707. The summed E-state index contributed by atoms with van der Waals surface area (Å²) in [7, 11) is 1.68. The highest BCUT2D eigenvalue weighted by Gasteiger charge is 2.57. The van der Waals surface area contributed by atoms with Gasteiger partial charge in [-0.2, -0.15) is 0 Å². The van der Waals surface area contributed by atoms with Crippen LogP contribution in [-0.4, -0.2) is 42.7 Å². The van der Waals surface area contributed by atoms with Gasteiger partial charge in [-0.15, -0.1) is 0 Å². The Balaban J connectivity index is 0.000000212. The first kappa shape index (κ1) is 54.9. The molecule has 0 heterocycles. The number of hydrogen-bond acceptors (Lipinski definition) is 5. The number of hydrogen-bond donors (Lipinski definition) is 1. The number of ether oxygens (including phenoxy) is 1. The SMILES string of the molecule is CCC(=O)CCC1CCC(C(C=O)C2CCC(c3ccc(-c4ccc(CCCF)cc4)cc3)CC2)CC1.CCCCC(=O)C1(C2(c3ccc(-c4ccc(OC)cc4)cc3)CCCCC2)CCC(C(=O)O)CC1. The van der Waals surface area contributed by atoms with Crippen molar-refractivity contribution in [2.45, 2.75) is 186 Å². The predicted octanol–water partition coefficient (Wildman–Crippen LogP) is 16.5. The number of aldehydes is 1. The van der Waals surface area contributed by atoms with Gasteiger partial charge in [0.2, 0.25) is 0 Å². The summed E-state index contributed by atoms with van der Waals surface area (Å²) in [5.74, 6) is 3.15. The van der Waals surface area contributed by atoms with Crippen LogP contribution in [0.5, 0.6) is 5.75 Å². The molecule has 4 aromatic rings. The standard InChI is InChI=1S/C34H45FO2.C31H40O4/c1-2-33(37)22-9-26-7-12-31(13-8-26)34(24-36)32-20-18-30(19-21-32)29-16-14-28(15-17-29)27-10-5-25(6-11-27)4-3-23-35;1-3-4-8-28(32)31(21-17-25(18-22-31)29(33)34)30(19-6-5-7-20-30)26-13-9-23(10-14-26)24-11-15-27(35-2)16-12-24/h5-6,10-11,14-17,24,26,30-32,34H,2-4,7-9,12-13,18-23H2,1H3;9-16,25H,3-8,17-22H2,1-2H3,(H,33,34). The Kier molecular flexibility index (Phi) is 20.5. The molecule has 4 saturated carbocycles. The Labute approximate surface area is 431 Å². The number of carbonyl (C=O) groups excluding carboxylic acids is 3. The summed E-state index contributed by atoms with van der Waals surface area (Å²) in [6.07, 6.45) is 25.1. The third-order valence-corrected chi connectivity index (χ3v) is 18.4. The second-order valence-corrected chi connectivity index (χ2v) is 22.3. The highest BCUT2D eigenvalue weighted by atomic mass is 19.1. The van der Waals surface area contributed by atoms with Crippen LogP contribution in [0.3, 0.4) is 0 Å². The van der Waals surface area contributed by atoms with Gasteiger partial charge in [-0.05, 0) is 177 Å². The van der Waals surface area contributed by atoms with E-state index in [1.165, 1.54) is 66.2 Å². The molecule has 6 nitrogen and oxygen atoms in total. The van der Waals surface area contributed by atoms with Crippen LogP contribution in [0.1, 0.15) is 191 Å². The minimum Gasteiger partial charge on any atom is -0.497 e. The zero-order valence-electron chi connectivity index (χ0n) is 44.0. The van der Waals surface area contributed by atoms with Crippen molar-refractivity contribution in [3.05, 3.63) is 114 Å². The van der Waals surface area contributed by atoms with Gasteiger partial charge in [0, 0.05) is 36.0 Å². The molecule has 1 unspecified atom stereocenters. The molecule has 4 aliphatic carbocycles. The summed E-state index contributed by atoms with van der Waals surface area (Å²) < 4.78 is 17.7. The molecule has 0 bridgehead atoms. The molecule has 4 fully saturated rings. The van der Waals surface area contributed by atoms with Gasteiger partial charge in [-0.1, -0.05) is 137 Å². The molecule has 7 heteroatoms. The molecule has 0 radical (unpaired) electrons. The second kappa shape index (κ2) is 26.9. The number of alkyl halides is 1. The topological polar surface area (TPSA) is 97.7 Å². The summed E-state index contributed by atoms with van der Waals surface area (Å²) in [6.45, 7) is 3.83. The molecule has 1 atom stereocenters. The van der Waals surface area contributed by atoms with E-state index in [0.717, 1.165) is 100 Å². The number of aryl methyl sites for hydroxylation is 1. The lowest BCUT2D eigenvalue weighted by atomic mass is 9.47. The van der Waals surface area contributed by atoms with Gasteiger partial charge in [0.05, 0.1) is 19.7 Å². The summed E-state index contributed by atoms with van der Waals surface area (Å²) >= 11 is 0. The lowest BCUT2D eigenvalue weighted by Crippen LogP contribution is -2.54. The van der Waals surface area contributed by atoms with Gasteiger partial charge in [-0.25, -0.2) is 0 Å². The molecule has 72 heavy (non-hydrogen) atoms. The van der Waals surface area contributed by atoms with Gasteiger partial charge in [0.1, 0.15) is 23.6 Å². The molecular formula is C65H85FO6. The number of rotatable bonds is 21. The first-order chi connectivity index (χ1) is 35.1. The van der Waals surface area contributed by atoms with Crippen LogP contribution in [-0.2, 0) is 31.0 Å². The van der Waals surface area contributed by atoms with Crippen LogP contribution in [0, 0.1) is 35.0 Å². The van der Waals surface area contributed by atoms with Crippen LogP contribution in [0.15, 0.2) is 97.1 Å². The normalized spacial score (nSPS) is 24.5. The fourth-order valence-corrected chi connectivity index (χ4v) is 13.9. The number of halogens is 1. The number of carboxylic acids is 1. The maximum atomic E-state index is 14.0. The largest absolute Gasteiger partial charge is 0.497 e. The van der Waals surface area contributed by atoms with E-state index in [0.29, 0.717) is 80.2 Å². The van der Waals surface area contributed by atoms with Crippen LogP contribution in [0.4, 0.5) is 4.39 Å². The number of aliphatic carboxylic acids is 1. The number of carboxylic acid groups (broad SMARTS) is 1. The molecule has 1 N–H and O–H groups in total. The Hall–Kier alpha value is -4.91. The van der Waals surface area contributed by atoms with Crippen LogP contribution < -0.4 is 4.74 Å². The second-order valence-electron chi connectivity index (χ2n) is 22.3.